The molecule has 0 unspecified atom stereocenters. The molecule has 0 bridgehead atoms. The van der Waals surface area contributed by atoms with E-state index >= 15 is 0 Å². The van der Waals surface area contributed by atoms with Gasteiger partial charge in [0, 0.05) is 12.0 Å². The third-order valence-corrected chi connectivity index (χ3v) is 4.79. The summed E-state index contributed by atoms with van der Waals surface area (Å²) in [6, 6.07) is 5.42. The van der Waals surface area contributed by atoms with E-state index in [2.05, 4.69) is 15.0 Å². The number of benzene rings is 1. The molecule has 118 valence electrons. The van der Waals surface area contributed by atoms with Crippen LogP contribution >= 0.6 is 23.2 Å². The Morgan fingerprint density at radius 3 is 2.77 bits per heavy atom. The Morgan fingerprint density at radius 2 is 1.95 bits per heavy atom. The van der Waals surface area contributed by atoms with E-state index in [0.29, 0.717) is 27.3 Å². The van der Waals surface area contributed by atoms with Crippen molar-refractivity contribution in [3.63, 3.8) is 0 Å². The second-order valence-electron chi connectivity index (χ2n) is 5.62. The van der Waals surface area contributed by atoms with Gasteiger partial charge in [-0.3, -0.25) is 0 Å². The maximum atomic E-state index is 6.18. The molecule has 6 heteroatoms. The Bertz CT molecular complexity index is 624. The molecule has 1 aliphatic heterocycles. The van der Waals surface area contributed by atoms with E-state index in [9.17, 15) is 0 Å². The Morgan fingerprint density at radius 1 is 1.14 bits per heavy atom. The zero-order valence-corrected chi connectivity index (χ0v) is 13.9. The molecule has 0 aliphatic carbocycles. The molecule has 2 heterocycles. The lowest BCUT2D eigenvalue weighted by Crippen LogP contribution is -2.20. The van der Waals surface area contributed by atoms with Crippen molar-refractivity contribution in [3.8, 4) is 11.4 Å². The number of likely N-dealkylation sites (tertiary alicyclic amines) is 1. The predicted molar refractivity (Wildman–Crippen MR) is 88.4 cm³/mol. The van der Waals surface area contributed by atoms with Gasteiger partial charge in [-0.25, -0.2) is 0 Å². The SMILES string of the molecule is Clc1cccc(-c2noc(CCCCN3CCCC3)n2)c1Cl. The highest BCUT2D eigenvalue weighted by molar-refractivity contribution is 6.43. The fourth-order valence-corrected chi connectivity index (χ4v) is 3.15. The fraction of sp³-hybridized carbons (Fsp3) is 0.500. The van der Waals surface area contributed by atoms with Gasteiger partial charge in [-0.05, 0) is 57.5 Å². The van der Waals surface area contributed by atoms with E-state index in [1.54, 1.807) is 6.07 Å². The first-order valence-electron chi connectivity index (χ1n) is 7.73. The number of halogens is 2. The van der Waals surface area contributed by atoms with Crippen LogP contribution in [0.3, 0.4) is 0 Å². The average Bonchev–Trinajstić information content (AvgIpc) is 3.18. The highest BCUT2D eigenvalue weighted by Crippen LogP contribution is 2.31. The monoisotopic (exact) mass is 339 g/mol. The van der Waals surface area contributed by atoms with E-state index in [0.717, 1.165) is 19.3 Å². The number of nitrogens with zero attached hydrogens (tertiary/aromatic N) is 3. The average molecular weight is 340 g/mol. The lowest BCUT2D eigenvalue weighted by Gasteiger charge is -2.13. The normalized spacial score (nSPS) is 15.5. The van der Waals surface area contributed by atoms with Gasteiger partial charge in [-0.15, -0.1) is 0 Å². The van der Waals surface area contributed by atoms with Crippen LogP contribution in [0.15, 0.2) is 22.7 Å². The third-order valence-electron chi connectivity index (χ3n) is 3.97. The predicted octanol–water partition coefficient (Wildman–Crippen LogP) is 4.46. The van der Waals surface area contributed by atoms with Crippen molar-refractivity contribution in [3.05, 3.63) is 34.1 Å². The zero-order chi connectivity index (χ0) is 15.4. The lowest BCUT2D eigenvalue weighted by atomic mass is 10.2. The van der Waals surface area contributed by atoms with Gasteiger partial charge in [0.25, 0.3) is 0 Å². The number of aromatic nitrogens is 2. The first kappa shape index (κ1) is 15.8. The Labute approximate surface area is 140 Å². The summed E-state index contributed by atoms with van der Waals surface area (Å²) in [5.41, 5.74) is 0.709. The molecule has 0 radical (unpaired) electrons. The van der Waals surface area contributed by atoms with Gasteiger partial charge in [0.15, 0.2) is 0 Å². The second kappa shape index (κ2) is 7.44. The Balaban J connectivity index is 1.53. The van der Waals surface area contributed by atoms with Gasteiger partial charge >= 0.3 is 0 Å². The molecule has 0 saturated carbocycles. The number of hydrogen-bond acceptors (Lipinski definition) is 4. The van der Waals surface area contributed by atoms with Crippen LogP contribution in [0.4, 0.5) is 0 Å². The number of rotatable bonds is 6. The zero-order valence-electron chi connectivity index (χ0n) is 12.4. The quantitative estimate of drug-likeness (QED) is 0.728. The molecular formula is C16H19Cl2N3O. The van der Waals surface area contributed by atoms with Gasteiger partial charge in [0.1, 0.15) is 0 Å². The maximum absolute atomic E-state index is 6.18. The first-order chi connectivity index (χ1) is 10.7. The number of aryl methyl sites for hydroxylation is 1. The molecule has 1 aliphatic rings. The molecule has 0 N–H and O–H groups in total. The van der Waals surface area contributed by atoms with E-state index in [1.807, 2.05) is 12.1 Å². The molecule has 22 heavy (non-hydrogen) atoms. The van der Waals surface area contributed by atoms with Gasteiger partial charge in [0.05, 0.1) is 10.0 Å². The van der Waals surface area contributed by atoms with Gasteiger partial charge in [-0.1, -0.05) is 34.4 Å². The number of hydrogen-bond donors (Lipinski definition) is 0. The van der Waals surface area contributed by atoms with Crippen LogP contribution in [-0.4, -0.2) is 34.7 Å². The maximum Gasteiger partial charge on any atom is 0.226 e. The fourth-order valence-electron chi connectivity index (χ4n) is 2.76. The smallest absolute Gasteiger partial charge is 0.226 e. The van der Waals surface area contributed by atoms with Crippen molar-refractivity contribution >= 4 is 23.2 Å². The van der Waals surface area contributed by atoms with Crippen LogP contribution in [0.2, 0.25) is 10.0 Å². The van der Waals surface area contributed by atoms with E-state index in [4.69, 9.17) is 27.7 Å². The topological polar surface area (TPSA) is 42.2 Å². The highest BCUT2D eigenvalue weighted by Gasteiger charge is 2.14. The molecule has 1 aromatic carbocycles. The molecule has 0 atom stereocenters. The first-order valence-corrected chi connectivity index (χ1v) is 8.49. The van der Waals surface area contributed by atoms with Crippen LogP contribution in [0.1, 0.15) is 31.6 Å². The molecule has 0 amide bonds. The van der Waals surface area contributed by atoms with Crippen molar-refractivity contribution in [2.45, 2.75) is 32.1 Å². The third kappa shape index (κ3) is 3.80. The summed E-state index contributed by atoms with van der Waals surface area (Å²) in [6.07, 6.45) is 5.71. The van der Waals surface area contributed by atoms with Crippen LogP contribution in [-0.2, 0) is 6.42 Å². The summed E-state index contributed by atoms with van der Waals surface area (Å²) in [7, 11) is 0. The number of unbranched alkanes of at least 4 members (excludes halogenated alkanes) is 1. The Hall–Kier alpha value is -1.10. The minimum Gasteiger partial charge on any atom is -0.339 e. The van der Waals surface area contributed by atoms with Crippen molar-refractivity contribution < 1.29 is 4.52 Å². The van der Waals surface area contributed by atoms with Crippen LogP contribution < -0.4 is 0 Å². The molecule has 1 aromatic heterocycles. The van der Waals surface area contributed by atoms with Crippen molar-refractivity contribution in [2.24, 2.45) is 0 Å². The summed E-state index contributed by atoms with van der Waals surface area (Å²) in [4.78, 5) is 6.94. The van der Waals surface area contributed by atoms with Crippen molar-refractivity contribution in [2.75, 3.05) is 19.6 Å². The van der Waals surface area contributed by atoms with Crippen molar-refractivity contribution in [1.29, 1.82) is 0 Å². The standard InChI is InChI=1S/C16H19Cl2N3O/c17-13-7-5-6-12(15(13)18)16-19-14(22-20-16)8-1-2-9-21-10-3-4-11-21/h5-7H,1-4,8-11H2. The van der Waals surface area contributed by atoms with Gasteiger partial charge < -0.3 is 9.42 Å². The molecule has 2 aromatic rings. The molecule has 1 saturated heterocycles. The lowest BCUT2D eigenvalue weighted by molar-refractivity contribution is 0.323. The largest absolute Gasteiger partial charge is 0.339 e. The minimum absolute atomic E-state index is 0.463. The summed E-state index contributed by atoms with van der Waals surface area (Å²) >= 11 is 12.2. The van der Waals surface area contributed by atoms with E-state index < -0.39 is 0 Å². The van der Waals surface area contributed by atoms with Crippen LogP contribution in [0, 0.1) is 0 Å². The summed E-state index contributed by atoms with van der Waals surface area (Å²) < 4.78 is 5.31. The second-order valence-corrected chi connectivity index (χ2v) is 6.40. The molecule has 3 rings (SSSR count). The highest BCUT2D eigenvalue weighted by atomic mass is 35.5. The summed E-state index contributed by atoms with van der Waals surface area (Å²) in [5.74, 6) is 1.16. The Kier molecular flexibility index (Phi) is 5.34. The molecule has 0 spiro atoms. The minimum atomic E-state index is 0.463. The van der Waals surface area contributed by atoms with Crippen molar-refractivity contribution in [1.82, 2.24) is 15.0 Å². The van der Waals surface area contributed by atoms with Gasteiger partial charge in [0.2, 0.25) is 11.7 Å². The molecule has 4 nitrogen and oxygen atoms in total. The van der Waals surface area contributed by atoms with Crippen LogP contribution in [0.5, 0.6) is 0 Å². The summed E-state index contributed by atoms with van der Waals surface area (Å²) in [6.45, 7) is 3.66. The molecule has 1 fully saturated rings. The molecular weight excluding hydrogens is 321 g/mol. The van der Waals surface area contributed by atoms with E-state index in [-0.39, 0.29) is 0 Å². The summed E-state index contributed by atoms with van der Waals surface area (Å²) in [5, 5.41) is 4.96. The van der Waals surface area contributed by atoms with Crippen LogP contribution in [0.25, 0.3) is 11.4 Å². The van der Waals surface area contributed by atoms with Gasteiger partial charge in [-0.2, -0.15) is 4.98 Å². The van der Waals surface area contributed by atoms with E-state index in [1.165, 1.54) is 32.5 Å².